The van der Waals surface area contributed by atoms with Crippen LogP contribution in [0.3, 0.4) is 0 Å². The predicted molar refractivity (Wildman–Crippen MR) is 72.0 cm³/mol. The van der Waals surface area contributed by atoms with Gasteiger partial charge in [0.15, 0.2) is 0 Å². The summed E-state index contributed by atoms with van der Waals surface area (Å²) in [5, 5.41) is 11.9. The molecular weight excluding hydrogens is 256 g/mol. The van der Waals surface area contributed by atoms with Gasteiger partial charge in [0.25, 0.3) is 0 Å². The molecule has 1 rings (SSSR count). The molecule has 1 fully saturated rings. The van der Waals surface area contributed by atoms with Crippen molar-refractivity contribution in [2.24, 2.45) is 0 Å². The van der Waals surface area contributed by atoms with Gasteiger partial charge in [-0.2, -0.15) is 0 Å². The lowest BCUT2D eigenvalue weighted by Crippen LogP contribution is -2.49. The molecule has 0 spiro atoms. The van der Waals surface area contributed by atoms with Crippen molar-refractivity contribution in [3.05, 3.63) is 0 Å². The molecule has 1 atom stereocenters. The van der Waals surface area contributed by atoms with Gasteiger partial charge in [0.1, 0.15) is 6.04 Å². The van der Waals surface area contributed by atoms with Gasteiger partial charge in [0.05, 0.1) is 6.54 Å². The number of carbonyl (C=O) groups is 2. The minimum atomic E-state index is -0.829. The fourth-order valence-corrected chi connectivity index (χ4v) is 1.98. The van der Waals surface area contributed by atoms with Crippen LogP contribution >= 0.6 is 12.4 Å². The first-order chi connectivity index (χ1) is 7.85. The Balaban J connectivity index is 0.00000289. The van der Waals surface area contributed by atoms with E-state index in [0.717, 1.165) is 12.8 Å². The predicted octanol–water partition coefficient (Wildman–Crippen LogP) is 1.26. The van der Waals surface area contributed by atoms with E-state index in [1.165, 1.54) is 0 Å². The second-order valence-corrected chi connectivity index (χ2v) is 5.25. The lowest BCUT2D eigenvalue weighted by Gasteiger charge is -2.27. The summed E-state index contributed by atoms with van der Waals surface area (Å²) in [7, 11) is 0. The van der Waals surface area contributed by atoms with Crippen LogP contribution in [0.25, 0.3) is 0 Å². The van der Waals surface area contributed by atoms with E-state index in [1.54, 1.807) is 4.90 Å². The van der Waals surface area contributed by atoms with Crippen LogP contribution in [0, 0.1) is 0 Å². The topological polar surface area (TPSA) is 69.6 Å². The van der Waals surface area contributed by atoms with Gasteiger partial charge >= 0.3 is 5.97 Å². The average Bonchev–Trinajstić information content (AvgIpc) is 2.65. The third-order valence-corrected chi connectivity index (χ3v) is 3.36. The number of aliphatic carboxylic acids is 1. The SMILES string of the molecule is CCC(C)(C)NC(=O)CN1CCC[C@H]1C(=O)O.Cl. The number of nitrogens with one attached hydrogen (secondary N) is 1. The van der Waals surface area contributed by atoms with Gasteiger partial charge in [-0.1, -0.05) is 6.92 Å². The normalized spacial score (nSPS) is 20.3. The zero-order valence-electron chi connectivity index (χ0n) is 11.2. The number of halogens is 1. The van der Waals surface area contributed by atoms with E-state index in [4.69, 9.17) is 5.11 Å². The number of nitrogens with zero attached hydrogens (tertiary/aromatic N) is 1. The molecule has 1 amide bonds. The van der Waals surface area contributed by atoms with Gasteiger partial charge in [0.2, 0.25) is 5.91 Å². The molecule has 1 heterocycles. The summed E-state index contributed by atoms with van der Waals surface area (Å²) >= 11 is 0. The highest BCUT2D eigenvalue weighted by Gasteiger charge is 2.32. The highest BCUT2D eigenvalue weighted by Crippen LogP contribution is 2.17. The number of amides is 1. The highest BCUT2D eigenvalue weighted by molar-refractivity contribution is 5.85. The molecule has 0 aliphatic carbocycles. The van der Waals surface area contributed by atoms with Crippen LogP contribution in [0.4, 0.5) is 0 Å². The summed E-state index contributed by atoms with van der Waals surface area (Å²) in [5.41, 5.74) is -0.227. The molecule has 0 radical (unpaired) electrons. The van der Waals surface area contributed by atoms with Crippen LogP contribution in [-0.4, -0.2) is 46.6 Å². The average molecular weight is 279 g/mol. The Morgan fingerprint density at radius 3 is 2.56 bits per heavy atom. The molecule has 1 saturated heterocycles. The molecule has 5 nitrogen and oxygen atoms in total. The molecule has 106 valence electrons. The molecule has 0 unspecified atom stereocenters. The Morgan fingerprint density at radius 2 is 2.06 bits per heavy atom. The summed E-state index contributed by atoms with van der Waals surface area (Å²) in [6, 6.07) is -0.495. The van der Waals surface area contributed by atoms with Gasteiger partial charge in [-0.15, -0.1) is 12.4 Å². The van der Waals surface area contributed by atoms with E-state index in [0.29, 0.717) is 13.0 Å². The summed E-state index contributed by atoms with van der Waals surface area (Å²) in [6.07, 6.45) is 2.34. The van der Waals surface area contributed by atoms with Gasteiger partial charge in [-0.3, -0.25) is 14.5 Å². The Morgan fingerprint density at radius 1 is 1.44 bits per heavy atom. The molecule has 2 N–H and O–H groups in total. The number of hydrogen-bond donors (Lipinski definition) is 2. The van der Waals surface area contributed by atoms with Crippen LogP contribution < -0.4 is 5.32 Å². The van der Waals surface area contributed by atoms with E-state index < -0.39 is 12.0 Å². The molecular formula is C12H23ClN2O3. The zero-order chi connectivity index (χ0) is 13.1. The number of carbonyl (C=O) groups excluding carboxylic acids is 1. The summed E-state index contributed by atoms with van der Waals surface area (Å²) in [4.78, 5) is 24.5. The van der Waals surface area contributed by atoms with Crippen molar-refractivity contribution < 1.29 is 14.7 Å². The maximum absolute atomic E-state index is 11.8. The Kier molecular flexibility index (Phi) is 6.63. The van der Waals surface area contributed by atoms with Crippen molar-refractivity contribution in [1.82, 2.24) is 10.2 Å². The first-order valence-corrected chi connectivity index (χ1v) is 6.13. The summed E-state index contributed by atoms with van der Waals surface area (Å²) < 4.78 is 0. The lowest BCUT2D eigenvalue weighted by molar-refractivity contribution is -0.142. The fraction of sp³-hybridized carbons (Fsp3) is 0.833. The number of carboxylic acids is 1. The molecule has 1 aliphatic heterocycles. The summed E-state index contributed by atoms with van der Waals surface area (Å²) in [6.45, 7) is 6.81. The van der Waals surface area contributed by atoms with Gasteiger partial charge in [-0.25, -0.2) is 0 Å². The largest absolute Gasteiger partial charge is 0.480 e. The monoisotopic (exact) mass is 278 g/mol. The Labute approximate surface area is 114 Å². The second-order valence-electron chi connectivity index (χ2n) is 5.25. The van der Waals surface area contributed by atoms with E-state index in [-0.39, 0.29) is 30.4 Å². The maximum atomic E-state index is 11.8. The zero-order valence-corrected chi connectivity index (χ0v) is 12.0. The van der Waals surface area contributed by atoms with Crippen molar-refractivity contribution in [3.63, 3.8) is 0 Å². The fourth-order valence-electron chi connectivity index (χ4n) is 1.98. The smallest absolute Gasteiger partial charge is 0.320 e. The molecule has 0 saturated carbocycles. The van der Waals surface area contributed by atoms with Crippen molar-refractivity contribution in [3.8, 4) is 0 Å². The van der Waals surface area contributed by atoms with Crippen LogP contribution in [0.1, 0.15) is 40.0 Å². The molecule has 0 aromatic rings. The highest BCUT2D eigenvalue weighted by atomic mass is 35.5. The van der Waals surface area contributed by atoms with E-state index >= 15 is 0 Å². The quantitative estimate of drug-likeness (QED) is 0.794. The van der Waals surface area contributed by atoms with Gasteiger partial charge in [-0.05, 0) is 39.7 Å². The van der Waals surface area contributed by atoms with Crippen molar-refractivity contribution in [2.45, 2.75) is 51.6 Å². The standard InChI is InChI=1S/C12H22N2O3.ClH/c1-4-12(2,3)13-10(15)8-14-7-5-6-9(14)11(16)17;/h9H,4-8H2,1-3H3,(H,13,15)(H,16,17);1H/t9-;/m0./s1. The molecule has 1 aliphatic rings. The van der Waals surface area contributed by atoms with Gasteiger partial charge < -0.3 is 10.4 Å². The molecule has 18 heavy (non-hydrogen) atoms. The number of carboxylic acid groups (broad SMARTS) is 1. The number of likely N-dealkylation sites (tertiary alicyclic amines) is 1. The molecule has 0 aromatic carbocycles. The maximum Gasteiger partial charge on any atom is 0.320 e. The van der Waals surface area contributed by atoms with Gasteiger partial charge in [0, 0.05) is 5.54 Å². The third-order valence-electron chi connectivity index (χ3n) is 3.36. The number of hydrogen-bond acceptors (Lipinski definition) is 3. The Bertz CT molecular complexity index is 308. The van der Waals surface area contributed by atoms with Crippen LogP contribution in [-0.2, 0) is 9.59 Å². The van der Waals surface area contributed by atoms with Crippen molar-refractivity contribution in [2.75, 3.05) is 13.1 Å². The molecule has 0 bridgehead atoms. The number of rotatable bonds is 5. The van der Waals surface area contributed by atoms with Crippen LogP contribution in [0.2, 0.25) is 0 Å². The summed E-state index contributed by atoms with van der Waals surface area (Å²) in [5.74, 6) is -0.921. The van der Waals surface area contributed by atoms with E-state index in [1.807, 2.05) is 20.8 Å². The van der Waals surface area contributed by atoms with Crippen LogP contribution in [0.15, 0.2) is 0 Å². The second kappa shape index (κ2) is 6.95. The minimum absolute atomic E-state index is 0. The van der Waals surface area contributed by atoms with Crippen molar-refractivity contribution >= 4 is 24.3 Å². The molecule has 6 heteroatoms. The first-order valence-electron chi connectivity index (χ1n) is 6.13. The third kappa shape index (κ3) is 4.82. The van der Waals surface area contributed by atoms with E-state index in [9.17, 15) is 9.59 Å². The van der Waals surface area contributed by atoms with E-state index in [2.05, 4.69) is 5.32 Å². The minimum Gasteiger partial charge on any atom is -0.480 e. The van der Waals surface area contributed by atoms with Crippen LogP contribution in [0.5, 0.6) is 0 Å². The Hall–Kier alpha value is -0.810. The first kappa shape index (κ1) is 17.2. The molecule has 0 aromatic heterocycles. The van der Waals surface area contributed by atoms with Crippen molar-refractivity contribution in [1.29, 1.82) is 0 Å². The lowest BCUT2D eigenvalue weighted by atomic mass is 10.0.